The van der Waals surface area contributed by atoms with Crippen LogP contribution < -0.4 is 10.1 Å². The van der Waals surface area contributed by atoms with Crippen LogP contribution in [0, 0.1) is 6.92 Å². The summed E-state index contributed by atoms with van der Waals surface area (Å²) in [6, 6.07) is 20.8. The molecule has 1 atom stereocenters. The highest BCUT2D eigenvalue weighted by atomic mass is 16.6. The summed E-state index contributed by atoms with van der Waals surface area (Å²) in [4.78, 5) is 24.3. The van der Waals surface area contributed by atoms with E-state index in [-0.39, 0.29) is 6.61 Å². The average Bonchev–Trinajstić information content (AvgIpc) is 2.66. The quantitative estimate of drug-likeness (QED) is 0.670. The first-order valence-corrected chi connectivity index (χ1v) is 8.70. The van der Waals surface area contributed by atoms with E-state index in [0.29, 0.717) is 11.4 Å². The van der Waals surface area contributed by atoms with Crippen molar-refractivity contribution in [3.8, 4) is 5.75 Å². The topological polar surface area (TPSA) is 64.6 Å². The van der Waals surface area contributed by atoms with Crippen LogP contribution in [0.25, 0.3) is 10.8 Å². The zero-order chi connectivity index (χ0) is 19.2. The molecule has 0 radical (unpaired) electrons. The minimum Gasteiger partial charge on any atom is -0.482 e. The summed E-state index contributed by atoms with van der Waals surface area (Å²) in [5.41, 5.74) is 1.71. The fourth-order valence-corrected chi connectivity index (χ4v) is 2.70. The normalized spacial score (nSPS) is 11.6. The van der Waals surface area contributed by atoms with E-state index >= 15 is 0 Å². The van der Waals surface area contributed by atoms with Crippen LogP contribution in [-0.2, 0) is 14.3 Å². The van der Waals surface area contributed by atoms with Crippen molar-refractivity contribution in [3.63, 3.8) is 0 Å². The molecule has 0 saturated carbocycles. The second kappa shape index (κ2) is 8.36. The van der Waals surface area contributed by atoms with Gasteiger partial charge in [-0.25, -0.2) is 4.79 Å². The number of carbonyl (C=O) groups is 2. The third-order valence-electron chi connectivity index (χ3n) is 4.07. The molecule has 0 bridgehead atoms. The lowest BCUT2D eigenvalue weighted by molar-refractivity contribution is -0.155. The molecule has 3 aromatic carbocycles. The van der Waals surface area contributed by atoms with Crippen molar-refractivity contribution < 1.29 is 19.1 Å². The minimum absolute atomic E-state index is 0.255. The third-order valence-corrected chi connectivity index (χ3v) is 4.07. The standard InChI is InChI=1S/C22H21NO4/c1-15-7-5-10-18(13-15)26-14-21(24)27-16(2)22(25)23-20-12-6-9-17-8-3-4-11-19(17)20/h3-13,16H,14H2,1-2H3,(H,23,25). The molecule has 1 unspecified atom stereocenters. The first-order valence-electron chi connectivity index (χ1n) is 8.70. The van der Waals surface area contributed by atoms with Gasteiger partial charge < -0.3 is 14.8 Å². The molecule has 0 aliphatic rings. The van der Waals surface area contributed by atoms with Crippen LogP contribution in [-0.4, -0.2) is 24.6 Å². The SMILES string of the molecule is Cc1cccc(OCC(=O)OC(C)C(=O)Nc2cccc3ccccc23)c1. The van der Waals surface area contributed by atoms with Gasteiger partial charge >= 0.3 is 5.97 Å². The Kier molecular flexibility index (Phi) is 5.71. The van der Waals surface area contributed by atoms with Crippen LogP contribution >= 0.6 is 0 Å². The predicted octanol–water partition coefficient (Wildman–Crippen LogP) is 4.10. The maximum atomic E-state index is 12.4. The van der Waals surface area contributed by atoms with Gasteiger partial charge in [-0.3, -0.25) is 4.79 Å². The summed E-state index contributed by atoms with van der Waals surface area (Å²) in [5, 5.41) is 4.76. The molecule has 5 heteroatoms. The van der Waals surface area contributed by atoms with Crippen molar-refractivity contribution in [2.45, 2.75) is 20.0 Å². The molecule has 138 valence electrons. The van der Waals surface area contributed by atoms with Gasteiger partial charge in [-0.1, -0.05) is 48.5 Å². The Bertz CT molecular complexity index is 962. The highest BCUT2D eigenvalue weighted by Crippen LogP contribution is 2.23. The Morgan fingerprint density at radius 3 is 2.56 bits per heavy atom. The zero-order valence-electron chi connectivity index (χ0n) is 15.3. The molecule has 5 nitrogen and oxygen atoms in total. The van der Waals surface area contributed by atoms with Crippen LogP contribution in [0.5, 0.6) is 5.75 Å². The number of rotatable bonds is 6. The van der Waals surface area contributed by atoms with E-state index in [9.17, 15) is 9.59 Å². The van der Waals surface area contributed by atoms with E-state index in [1.165, 1.54) is 6.92 Å². The summed E-state index contributed by atoms with van der Waals surface area (Å²) in [7, 11) is 0. The second-order valence-electron chi connectivity index (χ2n) is 6.25. The molecule has 27 heavy (non-hydrogen) atoms. The van der Waals surface area contributed by atoms with Crippen molar-refractivity contribution in [2.24, 2.45) is 0 Å². The van der Waals surface area contributed by atoms with Crippen molar-refractivity contribution in [2.75, 3.05) is 11.9 Å². The monoisotopic (exact) mass is 363 g/mol. The Morgan fingerprint density at radius 2 is 1.74 bits per heavy atom. The van der Waals surface area contributed by atoms with Gasteiger partial charge in [0.15, 0.2) is 12.7 Å². The van der Waals surface area contributed by atoms with Crippen LogP contribution in [0.2, 0.25) is 0 Å². The maximum Gasteiger partial charge on any atom is 0.344 e. The first kappa shape index (κ1) is 18.5. The molecule has 1 amide bonds. The zero-order valence-corrected chi connectivity index (χ0v) is 15.3. The van der Waals surface area contributed by atoms with E-state index in [1.807, 2.05) is 67.6 Å². The molecule has 0 aromatic heterocycles. The lowest BCUT2D eigenvalue weighted by atomic mass is 10.1. The van der Waals surface area contributed by atoms with Gasteiger partial charge in [0.1, 0.15) is 5.75 Å². The molecular weight excluding hydrogens is 342 g/mol. The van der Waals surface area contributed by atoms with Crippen LogP contribution in [0.4, 0.5) is 5.69 Å². The largest absolute Gasteiger partial charge is 0.482 e. The van der Waals surface area contributed by atoms with Crippen molar-refractivity contribution in [1.29, 1.82) is 0 Å². The molecular formula is C22H21NO4. The number of amides is 1. The van der Waals surface area contributed by atoms with Crippen molar-refractivity contribution in [3.05, 3.63) is 72.3 Å². The van der Waals surface area contributed by atoms with E-state index in [1.54, 1.807) is 6.07 Å². The van der Waals surface area contributed by atoms with Crippen molar-refractivity contribution in [1.82, 2.24) is 0 Å². The summed E-state index contributed by atoms with van der Waals surface area (Å²) in [5.74, 6) is -0.410. The number of benzene rings is 3. The Morgan fingerprint density at radius 1 is 1.00 bits per heavy atom. The molecule has 3 rings (SSSR count). The summed E-state index contributed by atoms with van der Waals surface area (Å²) >= 11 is 0. The van der Waals surface area contributed by atoms with Gasteiger partial charge in [-0.2, -0.15) is 0 Å². The average molecular weight is 363 g/mol. The number of fused-ring (bicyclic) bond motifs is 1. The molecule has 0 spiro atoms. The summed E-state index contributed by atoms with van der Waals surface area (Å²) in [6.45, 7) is 3.21. The number of aryl methyl sites for hydroxylation is 1. The number of esters is 1. The van der Waals surface area contributed by atoms with Gasteiger partial charge in [0.05, 0.1) is 0 Å². The van der Waals surface area contributed by atoms with Crippen LogP contribution in [0.1, 0.15) is 12.5 Å². The number of anilines is 1. The van der Waals surface area contributed by atoms with E-state index in [4.69, 9.17) is 9.47 Å². The highest BCUT2D eigenvalue weighted by molar-refractivity contribution is 6.03. The molecule has 0 aliphatic heterocycles. The van der Waals surface area contributed by atoms with Gasteiger partial charge in [0, 0.05) is 11.1 Å². The smallest absolute Gasteiger partial charge is 0.344 e. The lowest BCUT2D eigenvalue weighted by Gasteiger charge is -2.15. The van der Waals surface area contributed by atoms with E-state index in [0.717, 1.165) is 16.3 Å². The second-order valence-corrected chi connectivity index (χ2v) is 6.25. The Balaban J connectivity index is 1.56. The number of hydrogen-bond acceptors (Lipinski definition) is 4. The predicted molar refractivity (Wildman–Crippen MR) is 105 cm³/mol. The first-order chi connectivity index (χ1) is 13.0. The number of ether oxygens (including phenoxy) is 2. The van der Waals surface area contributed by atoms with Crippen LogP contribution in [0.15, 0.2) is 66.7 Å². The van der Waals surface area contributed by atoms with Gasteiger partial charge in [-0.05, 0) is 43.0 Å². The molecule has 0 fully saturated rings. The maximum absolute atomic E-state index is 12.4. The number of nitrogens with one attached hydrogen (secondary N) is 1. The van der Waals surface area contributed by atoms with Gasteiger partial charge in [0.2, 0.25) is 0 Å². The fraction of sp³-hybridized carbons (Fsp3) is 0.182. The van der Waals surface area contributed by atoms with E-state index in [2.05, 4.69) is 5.32 Å². The molecule has 0 aliphatic carbocycles. The summed E-state index contributed by atoms with van der Waals surface area (Å²) < 4.78 is 10.6. The van der Waals surface area contributed by atoms with Crippen LogP contribution in [0.3, 0.4) is 0 Å². The lowest BCUT2D eigenvalue weighted by Crippen LogP contribution is -2.31. The molecule has 1 N–H and O–H groups in total. The highest BCUT2D eigenvalue weighted by Gasteiger charge is 2.19. The van der Waals surface area contributed by atoms with Gasteiger partial charge in [0.25, 0.3) is 5.91 Å². The molecule has 3 aromatic rings. The number of carbonyl (C=O) groups excluding carboxylic acids is 2. The van der Waals surface area contributed by atoms with E-state index < -0.39 is 18.0 Å². The molecule has 0 heterocycles. The number of hydrogen-bond donors (Lipinski definition) is 1. The van der Waals surface area contributed by atoms with Crippen molar-refractivity contribution >= 4 is 28.3 Å². The minimum atomic E-state index is -0.933. The Labute approximate surface area is 157 Å². The molecule has 0 saturated heterocycles. The summed E-state index contributed by atoms with van der Waals surface area (Å²) in [6.07, 6.45) is -0.933. The third kappa shape index (κ3) is 4.85. The fourth-order valence-electron chi connectivity index (χ4n) is 2.70. The van der Waals surface area contributed by atoms with Gasteiger partial charge in [-0.15, -0.1) is 0 Å². The Hall–Kier alpha value is -3.34.